The fraction of sp³-hybridized carbons (Fsp3) is 0.500. The molecule has 0 heterocycles. The van der Waals surface area contributed by atoms with Crippen LogP contribution in [0, 0.1) is 20.8 Å². The van der Waals surface area contributed by atoms with Crippen LogP contribution >= 0.6 is 0 Å². The Kier molecular flexibility index (Phi) is 3.62. The van der Waals surface area contributed by atoms with E-state index in [0.29, 0.717) is 5.56 Å². The summed E-state index contributed by atoms with van der Waals surface area (Å²) in [6.07, 6.45) is 0. The van der Waals surface area contributed by atoms with Crippen molar-refractivity contribution >= 4 is 5.78 Å². The Bertz CT molecular complexity index is 456. The second-order valence-corrected chi connectivity index (χ2v) is 5.08. The van der Waals surface area contributed by atoms with Crippen LogP contribution in [0.5, 0.6) is 5.75 Å². The van der Waals surface area contributed by atoms with Crippen LogP contribution in [0.15, 0.2) is 6.07 Å². The Labute approximate surface area is 103 Å². The van der Waals surface area contributed by atoms with Gasteiger partial charge in [-0.2, -0.15) is 0 Å². The van der Waals surface area contributed by atoms with E-state index in [4.69, 9.17) is 10.5 Å². The molecule has 0 bridgehead atoms. The Morgan fingerprint density at radius 2 is 1.76 bits per heavy atom. The van der Waals surface area contributed by atoms with Crippen molar-refractivity contribution in [2.75, 3.05) is 7.11 Å². The molecular weight excluding hydrogens is 214 g/mol. The molecule has 0 aliphatic rings. The van der Waals surface area contributed by atoms with E-state index >= 15 is 0 Å². The van der Waals surface area contributed by atoms with Crippen molar-refractivity contribution < 1.29 is 9.53 Å². The summed E-state index contributed by atoms with van der Waals surface area (Å²) in [5, 5.41) is 0. The molecule has 3 nitrogen and oxygen atoms in total. The van der Waals surface area contributed by atoms with Crippen LogP contribution in [0.4, 0.5) is 0 Å². The highest BCUT2D eigenvalue weighted by Gasteiger charge is 2.26. The van der Waals surface area contributed by atoms with Crippen LogP contribution in [-0.2, 0) is 0 Å². The molecule has 0 aliphatic carbocycles. The molecule has 1 aromatic carbocycles. The van der Waals surface area contributed by atoms with Crippen molar-refractivity contribution in [3.63, 3.8) is 0 Å². The largest absolute Gasteiger partial charge is 0.496 e. The smallest absolute Gasteiger partial charge is 0.182 e. The Hall–Kier alpha value is -1.35. The van der Waals surface area contributed by atoms with Gasteiger partial charge in [-0.05, 0) is 57.4 Å². The Morgan fingerprint density at radius 1 is 1.24 bits per heavy atom. The van der Waals surface area contributed by atoms with Gasteiger partial charge in [0, 0.05) is 5.56 Å². The summed E-state index contributed by atoms with van der Waals surface area (Å²) in [4.78, 5) is 12.2. The minimum Gasteiger partial charge on any atom is -0.496 e. The van der Waals surface area contributed by atoms with Crippen LogP contribution in [0.3, 0.4) is 0 Å². The zero-order chi connectivity index (χ0) is 13.4. The summed E-state index contributed by atoms with van der Waals surface area (Å²) in [7, 11) is 1.64. The Balaban J connectivity index is 3.44. The van der Waals surface area contributed by atoms with Crippen LogP contribution < -0.4 is 10.5 Å². The minimum absolute atomic E-state index is 0.0381. The van der Waals surface area contributed by atoms with E-state index in [9.17, 15) is 4.79 Å². The standard InChI is InChI=1S/C14H21NO2/c1-8-7-11(13(16)14(4,5)15)9(2)10(3)12(8)17-6/h7H,15H2,1-6H3. The van der Waals surface area contributed by atoms with Gasteiger partial charge in [0.05, 0.1) is 12.6 Å². The third-order valence-corrected chi connectivity index (χ3v) is 3.06. The monoisotopic (exact) mass is 235 g/mol. The van der Waals surface area contributed by atoms with Gasteiger partial charge in [0.25, 0.3) is 0 Å². The quantitative estimate of drug-likeness (QED) is 0.819. The molecule has 0 fully saturated rings. The zero-order valence-corrected chi connectivity index (χ0v) is 11.5. The fourth-order valence-corrected chi connectivity index (χ4v) is 1.96. The van der Waals surface area contributed by atoms with E-state index < -0.39 is 5.54 Å². The van der Waals surface area contributed by atoms with Crippen LogP contribution in [0.2, 0.25) is 0 Å². The van der Waals surface area contributed by atoms with Crippen molar-refractivity contribution in [2.45, 2.75) is 40.2 Å². The number of Topliss-reactive ketones (excluding diaryl/α,β-unsaturated/α-hetero) is 1. The number of carbonyl (C=O) groups excluding carboxylic acids is 1. The lowest BCUT2D eigenvalue weighted by atomic mass is 9.88. The average Bonchev–Trinajstić information content (AvgIpc) is 2.22. The number of rotatable bonds is 3. The van der Waals surface area contributed by atoms with Gasteiger partial charge in [0.1, 0.15) is 5.75 Å². The molecule has 0 unspecified atom stereocenters. The number of carbonyl (C=O) groups is 1. The molecule has 0 saturated carbocycles. The molecule has 94 valence electrons. The molecule has 0 saturated heterocycles. The van der Waals surface area contributed by atoms with Crippen LogP contribution in [0.1, 0.15) is 40.9 Å². The summed E-state index contributed by atoms with van der Waals surface area (Å²) in [5.41, 5.74) is 8.61. The fourth-order valence-electron chi connectivity index (χ4n) is 1.96. The predicted molar refractivity (Wildman–Crippen MR) is 69.8 cm³/mol. The second-order valence-electron chi connectivity index (χ2n) is 5.08. The number of ketones is 1. The van der Waals surface area contributed by atoms with Crippen LogP contribution in [-0.4, -0.2) is 18.4 Å². The molecule has 0 spiro atoms. The molecule has 1 rings (SSSR count). The lowest BCUT2D eigenvalue weighted by molar-refractivity contribution is 0.0912. The van der Waals surface area contributed by atoms with E-state index in [1.165, 1.54) is 0 Å². The number of nitrogens with two attached hydrogens (primary N) is 1. The first kappa shape index (κ1) is 13.7. The maximum atomic E-state index is 12.2. The van der Waals surface area contributed by atoms with Gasteiger partial charge in [0.15, 0.2) is 5.78 Å². The van der Waals surface area contributed by atoms with Crippen LogP contribution in [0.25, 0.3) is 0 Å². The van der Waals surface area contributed by atoms with Crippen molar-refractivity contribution in [3.8, 4) is 5.75 Å². The van der Waals surface area contributed by atoms with Crippen molar-refractivity contribution in [1.29, 1.82) is 0 Å². The van der Waals surface area contributed by atoms with E-state index in [0.717, 1.165) is 22.4 Å². The van der Waals surface area contributed by atoms with Gasteiger partial charge in [-0.3, -0.25) is 4.79 Å². The molecule has 0 aliphatic heterocycles. The summed E-state index contributed by atoms with van der Waals surface area (Å²) in [6.45, 7) is 9.27. The highest BCUT2D eigenvalue weighted by Crippen LogP contribution is 2.29. The van der Waals surface area contributed by atoms with Gasteiger partial charge < -0.3 is 10.5 Å². The molecule has 0 amide bonds. The first-order valence-electron chi connectivity index (χ1n) is 5.68. The first-order valence-corrected chi connectivity index (χ1v) is 5.68. The third kappa shape index (κ3) is 2.50. The topological polar surface area (TPSA) is 52.3 Å². The van der Waals surface area contributed by atoms with Crippen molar-refractivity contribution in [2.24, 2.45) is 5.73 Å². The van der Waals surface area contributed by atoms with E-state index in [-0.39, 0.29) is 5.78 Å². The maximum absolute atomic E-state index is 12.2. The third-order valence-electron chi connectivity index (χ3n) is 3.06. The van der Waals surface area contributed by atoms with Crippen molar-refractivity contribution in [3.05, 3.63) is 28.3 Å². The number of hydrogen-bond donors (Lipinski definition) is 1. The summed E-state index contributed by atoms with van der Waals surface area (Å²) < 4.78 is 5.33. The number of benzene rings is 1. The van der Waals surface area contributed by atoms with E-state index in [2.05, 4.69) is 0 Å². The molecule has 1 aromatic rings. The minimum atomic E-state index is -0.849. The van der Waals surface area contributed by atoms with Gasteiger partial charge in [-0.15, -0.1) is 0 Å². The van der Waals surface area contributed by atoms with E-state index in [1.54, 1.807) is 21.0 Å². The Morgan fingerprint density at radius 3 is 2.18 bits per heavy atom. The molecule has 0 aromatic heterocycles. The predicted octanol–water partition coefficient (Wildman–Crippen LogP) is 2.54. The second kappa shape index (κ2) is 4.49. The lowest BCUT2D eigenvalue weighted by Crippen LogP contribution is -2.41. The first-order chi connectivity index (χ1) is 7.70. The number of hydrogen-bond acceptors (Lipinski definition) is 3. The highest BCUT2D eigenvalue weighted by molar-refractivity contribution is 6.04. The highest BCUT2D eigenvalue weighted by atomic mass is 16.5. The molecule has 2 N–H and O–H groups in total. The van der Waals surface area contributed by atoms with Gasteiger partial charge in [0.2, 0.25) is 0 Å². The molecule has 17 heavy (non-hydrogen) atoms. The number of aryl methyl sites for hydroxylation is 1. The number of ether oxygens (including phenoxy) is 1. The van der Waals surface area contributed by atoms with Gasteiger partial charge >= 0.3 is 0 Å². The summed E-state index contributed by atoms with van der Waals surface area (Å²) >= 11 is 0. The number of methoxy groups -OCH3 is 1. The molecule has 0 atom stereocenters. The maximum Gasteiger partial charge on any atom is 0.182 e. The normalized spacial score (nSPS) is 11.5. The average molecular weight is 235 g/mol. The van der Waals surface area contributed by atoms with Gasteiger partial charge in [-0.1, -0.05) is 0 Å². The van der Waals surface area contributed by atoms with Gasteiger partial charge in [-0.25, -0.2) is 0 Å². The lowest BCUT2D eigenvalue weighted by Gasteiger charge is -2.21. The molecule has 3 heteroatoms. The molecular formula is C14H21NO2. The SMILES string of the molecule is COc1c(C)cc(C(=O)C(C)(C)N)c(C)c1C. The van der Waals surface area contributed by atoms with E-state index in [1.807, 2.05) is 26.8 Å². The molecule has 0 radical (unpaired) electrons. The summed E-state index contributed by atoms with van der Waals surface area (Å²) in [6, 6.07) is 1.86. The zero-order valence-electron chi connectivity index (χ0n) is 11.5. The van der Waals surface area contributed by atoms with Crippen molar-refractivity contribution in [1.82, 2.24) is 0 Å². The summed E-state index contributed by atoms with van der Waals surface area (Å²) in [5.74, 6) is 0.803.